The maximum atomic E-state index is 10.7. The van der Waals surface area contributed by atoms with Gasteiger partial charge >= 0.3 is 5.97 Å². The monoisotopic (exact) mass is 182 g/mol. The van der Waals surface area contributed by atoms with Crippen LogP contribution in [-0.4, -0.2) is 23.3 Å². The molecule has 0 spiro atoms. The minimum absolute atomic E-state index is 0.0765. The molecule has 1 aliphatic heterocycles. The molecule has 1 heterocycles. The molecule has 3 heteroatoms. The van der Waals surface area contributed by atoms with Gasteiger partial charge in [-0.2, -0.15) is 0 Å². The molecule has 1 aliphatic rings. The Kier molecular flexibility index (Phi) is 3.78. The van der Waals surface area contributed by atoms with Gasteiger partial charge in [-0.1, -0.05) is 25.2 Å². The summed E-state index contributed by atoms with van der Waals surface area (Å²) in [5, 5.41) is 9.27. The highest BCUT2D eigenvalue weighted by Crippen LogP contribution is 2.13. The van der Waals surface area contributed by atoms with E-state index in [2.05, 4.69) is 18.8 Å². The second-order valence-corrected chi connectivity index (χ2v) is 3.11. The number of carbonyl (C=O) groups is 1. The quantitative estimate of drug-likeness (QED) is 0.391. The molecule has 13 heavy (non-hydrogen) atoms. The number of cyclic esters (lactones) is 1. The molecule has 0 aromatic rings. The second-order valence-electron chi connectivity index (χ2n) is 3.11. The molecule has 0 unspecified atom stereocenters. The van der Waals surface area contributed by atoms with Crippen LogP contribution in [0.25, 0.3) is 0 Å². The van der Waals surface area contributed by atoms with E-state index in [9.17, 15) is 9.90 Å². The highest BCUT2D eigenvalue weighted by atomic mass is 16.6. The lowest BCUT2D eigenvalue weighted by Crippen LogP contribution is -2.18. The molecule has 72 valence electrons. The first-order chi connectivity index (χ1) is 6.24. The Morgan fingerprint density at radius 1 is 1.69 bits per heavy atom. The van der Waals surface area contributed by atoms with Gasteiger partial charge < -0.3 is 9.84 Å². The normalized spacial score (nSPS) is 26.5. The Labute approximate surface area is 78.1 Å². The smallest absolute Gasteiger partial charge is 0.309 e. The van der Waals surface area contributed by atoms with Crippen LogP contribution in [0.3, 0.4) is 0 Å². The summed E-state index contributed by atoms with van der Waals surface area (Å²) in [5.41, 5.74) is 0. The van der Waals surface area contributed by atoms with Gasteiger partial charge in [0, 0.05) is 6.42 Å². The zero-order valence-electron chi connectivity index (χ0n) is 7.75. The van der Waals surface area contributed by atoms with E-state index in [1.807, 2.05) is 0 Å². The fraction of sp³-hybridized carbons (Fsp3) is 0.700. The molecule has 1 rings (SSSR count). The van der Waals surface area contributed by atoms with Crippen LogP contribution in [0.4, 0.5) is 0 Å². The van der Waals surface area contributed by atoms with E-state index in [-0.39, 0.29) is 12.4 Å². The largest absolute Gasteiger partial charge is 0.446 e. The zero-order chi connectivity index (χ0) is 9.68. The summed E-state index contributed by atoms with van der Waals surface area (Å²) in [6.45, 7) is 2.09. The first kappa shape index (κ1) is 10.1. The van der Waals surface area contributed by atoms with Crippen LogP contribution >= 0.6 is 0 Å². The van der Waals surface area contributed by atoms with Crippen LogP contribution < -0.4 is 0 Å². The number of unbranched alkanes of at least 4 members (excludes halogenated alkanes) is 2. The summed E-state index contributed by atoms with van der Waals surface area (Å²) in [4.78, 5) is 10.7. The predicted molar refractivity (Wildman–Crippen MR) is 47.8 cm³/mol. The van der Waals surface area contributed by atoms with Gasteiger partial charge in [0.1, 0.15) is 6.10 Å². The average Bonchev–Trinajstić information content (AvgIpc) is 2.39. The fourth-order valence-electron chi connectivity index (χ4n) is 1.11. The van der Waals surface area contributed by atoms with Gasteiger partial charge in [-0.3, -0.25) is 4.79 Å². The maximum absolute atomic E-state index is 10.7. The lowest BCUT2D eigenvalue weighted by atomic mass is 10.2. The molecular weight excluding hydrogens is 168 g/mol. The van der Waals surface area contributed by atoms with Crippen molar-refractivity contribution >= 4 is 5.97 Å². The van der Waals surface area contributed by atoms with E-state index >= 15 is 0 Å². The summed E-state index contributed by atoms with van der Waals surface area (Å²) in [6, 6.07) is 0. The predicted octanol–water partition coefficient (Wildman–Crippen LogP) is 0.856. The number of ether oxygens (including phenoxy) is 1. The standard InChI is InChI=1S/C10H14O3/c1-2-3-4-5-6-9-8(11)7-10(12)13-9/h8-9,11H,2-4,7H2,1H3/t8-,9-/m0/s1. The van der Waals surface area contributed by atoms with E-state index in [4.69, 9.17) is 4.74 Å². The maximum Gasteiger partial charge on any atom is 0.309 e. The minimum Gasteiger partial charge on any atom is -0.446 e. The van der Waals surface area contributed by atoms with Crippen LogP contribution in [0.1, 0.15) is 32.6 Å². The van der Waals surface area contributed by atoms with E-state index in [1.54, 1.807) is 0 Å². The van der Waals surface area contributed by atoms with Crippen molar-refractivity contribution in [2.24, 2.45) is 0 Å². The summed E-state index contributed by atoms with van der Waals surface area (Å²) in [6.07, 6.45) is 1.70. The number of carbonyl (C=O) groups excluding carboxylic acids is 1. The Morgan fingerprint density at radius 3 is 3.00 bits per heavy atom. The first-order valence-electron chi connectivity index (χ1n) is 4.60. The SMILES string of the molecule is CCCCC#C[C@@H]1OC(=O)C[C@@H]1O. The molecule has 1 fully saturated rings. The molecule has 0 radical (unpaired) electrons. The van der Waals surface area contributed by atoms with Crippen molar-refractivity contribution in [2.45, 2.75) is 44.8 Å². The van der Waals surface area contributed by atoms with Crippen molar-refractivity contribution in [3.8, 4) is 11.8 Å². The molecule has 1 N–H and O–H groups in total. The molecule has 0 aromatic heterocycles. The highest BCUT2D eigenvalue weighted by molar-refractivity contribution is 5.73. The van der Waals surface area contributed by atoms with Crippen molar-refractivity contribution in [1.29, 1.82) is 0 Å². The zero-order valence-corrected chi connectivity index (χ0v) is 7.75. The molecule has 0 bridgehead atoms. The number of rotatable bonds is 2. The fourth-order valence-corrected chi connectivity index (χ4v) is 1.11. The lowest BCUT2D eigenvalue weighted by molar-refractivity contribution is -0.139. The molecule has 3 nitrogen and oxygen atoms in total. The number of hydrogen-bond donors (Lipinski definition) is 1. The van der Waals surface area contributed by atoms with Crippen molar-refractivity contribution in [3.05, 3.63) is 0 Å². The third-order valence-corrected chi connectivity index (χ3v) is 1.88. The van der Waals surface area contributed by atoms with E-state index in [1.165, 1.54) is 0 Å². The van der Waals surface area contributed by atoms with Crippen molar-refractivity contribution in [1.82, 2.24) is 0 Å². The van der Waals surface area contributed by atoms with E-state index < -0.39 is 12.2 Å². The Morgan fingerprint density at radius 2 is 2.46 bits per heavy atom. The molecule has 2 atom stereocenters. The number of hydrogen-bond acceptors (Lipinski definition) is 3. The second kappa shape index (κ2) is 4.88. The van der Waals surface area contributed by atoms with Crippen LogP contribution in [0.5, 0.6) is 0 Å². The summed E-state index contributed by atoms with van der Waals surface area (Å²) < 4.78 is 4.79. The molecule has 0 aliphatic carbocycles. The topological polar surface area (TPSA) is 46.5 Å². The van der Waals surface area contributed by atoms with E-state index in [0.717, 1.165) is 19.3 Å². The van der Waals surface area contributed by atoms with Crippen LogP contribution in [-0.2, 0) is 9.53 Å². The molecule has 1 saturated heterocycles. The van der Waals surface area contributed by atoms with Gasteiger partial charge in [0.25, 0.3) is 0 Å². The van der Waals surface area contributed by atoms with Crippen molar-refractivity contribution < 1.29 is 14.6 Å². The van der Waals surface area contributed by atoms with Gasteiger partial charge in [-0.25, -0.2) is 0 Å². The van der Waals surface area contributed by atoms with Gasteiger partial charge in [0.05, 0.1) is 6.42 Å². The van der Waals surface area contributed by atoms with E-state index in [0.29, 0.717) is 0 Å². The molecular formula is C10H14O3. The Hall–Kier alpha value is -1.01. The average molecular weight is 182 g/mol. The molecule has 0 amide bonds. The van der Waals surface area contributed by atoms with Crippen molar-refractivity contribution in [2.75, 3.05) is 0 Å². The van der Waals surface area contributed by atoms with Crippen LogP contribution in [0.2, 0.25) is 0 Å². The molecule has 0 aromatic carbocycles. The van der Waals surface area contributed by atoms with Gasteiger partial charge in [0.15, 0.2) is 6.10 Å². The van der Waals surface area contributed by atoms with Gasteiger partial charge in [-0.15, -0.1) is 0 Å². The number of esters is 1. The third kappa shape index (κ3) is 3.08. The lowest BCUT2D eigenvalue weighted by Gasteiger charge is -2.03. The number of aliphatic hydroxyl groups is 1. The van der Waals surface area contributed by atoms with Crippen LogP contribution in [0.15, 0.2) is 0 Å². The summed E-state index contributed by atoms with van der Waals surface area (Å²) in [5.74, 6) is 5.29. The Bertz CT molecular complexity index is 236. The first-order valence-corrected chi connectivity index (χ1v) is 4.60. The van der Waals surface area contributed by atoms with Crippen molar-refractivity contribution in [3.63, 3.8) is 0 Å². The minimum atomic E-state index is -0.735. The third-order valence-electron chi connectivity index (χ3n) is 1.88. The van der Waals surface area contributed by atoms with Crippen LogP contribution in [0, 0.1) is 11.8 Å². The Balaban J connectivity index is 2.34. The van der Waals surface area contributed by atoms with Gasteiger partial charge in [0.2, 0.25) is 0 Å². The summed E-state index contributed by atoms with van der Waals surface area (Å²) in [7, 11) is 0. The molecule has 0 saturated carbocycles. The summed E-state index contributed by atoms with van der Waals surface area (Å²) >= 11 is 0. The highest BCUT2D eigenvalue weighted by Gasteiger charge is 2.31. The number of aliphatic hydroxyl groups excluding tert-OH is 1. The van der Waals surface area contributed by atoms with Gasteiger partial charge in [-0.05, 0) is 6.42 Å².